The van der Waals surface area contributed by atoms with Gasteiger partial charge in [0.15, 0.2) is 11.5 Å². The predicted molar refractivity (Wildman–Crippen MR) is 77.8 cm³/mol. The molecule has 0 bridgehead atoms. The molecule has 1 fully saturated rings. The van der Waals surface area contributed by atoms with Crippen molar-refractivity contribution in [3.63, 3.8) is 0 Å². The van der Waals surface area contributed by atoms with E-state index in [0.717, 1.165) is 24.0 Å². The van der Waals surface area contributed by atoms with Gasteiger partial charge in [0.25, 0.3) is 0 Å². The lowest BCUT2D eigenvalue weighted by Gasteiger charge is -2.14. The highest BCUT2D eigenvalue weighted by atomic mass is 16.5. The molecule has 1 N–H and O–H groups in total. The summed E-state index contributed by atoms with van der Waals surface area (Å²) in [5.41, 5.74) is 1.25. The van der Waals surface area contributed by atoms with E-state index >= 15 is 0 Å². The second kappa shape index (κ2) is 6.80. The maximum Gasteiger partial charge on any atom is 0.161 e. The van der Waals surface area contributed by atoms with Gasteiger partial charge >= 0.3 is 0 Å². The van der Waals surface area contributed by atoms with Crippen molar-refractivity contribution >= 4 is 0 Å². The highest BCUT2D eigenvalue weighted by molar-refractivity contribution is 5.42. The Hall–Kier alpha value is -1.22. The van der Waals surface area contributed by atoms with E-state index in [1.54, 1.807) is 14.2 Å². The van der Waals surface area contributed by atoms with E-state index in [1.807, 2.05) is 6.07 Å². The number of benzene rings is 1. The molecule has 0 heterocycles. The zero-order valence-corrected chi connectivity index (χ0v) is 12.2. The first kappa shape index (κ1) is 14.2. The number of methoxy groups -OCH3 is 2. The van der Waals surface area contributed by atoms with E-state index in [4.69, 9.17) is 9.47 Å². The van der Waals surface area contributed by atoms with Gasteiger partial charge in [-0.2, -0.15) is 0 Å². The lowest BCUT2D eigenvalue weighted by molar-refractivity contribution is 0.354. The lowest BCUT2D eigenvalue weighted by atomic mass is 10.1. The summed E-state index contributed by atoms with van der Waals surface area (Å²) in [5, 5.41) is 3.65. The molecule has 0 saturated heterocycles. The van der Waals surface area contributed by atoms with Gasteiger partial charge in [0.2, 0.25) is 0 Å². The number of rotatable bonds is 6. The zero-order chi connectivity index (χ0) is 13.7. The summed E-state index contributed by atoms with van der Waals surface area (Å²) < 4.78 is 10.6. The standard InChI is InChI=1S/C16H25NO2/c1-4-12-5-7-14(9-12)17-11-13-6-8-15(18-2)16(10-13)19-3/h6,8,10,12,14,17H,4-5,7,9,11H2,1-3H3. The van der Waals surface area contributed by atoms with Gasteiger partial charge in [-0.15, -0.1) is 0 Å². The second-order valence-electron chi connectivity index (χ2n) is 5.35. The normalized spacial score (nSPS) is 22.5. The molecule has 0 radical (unpaired) electrons. The summed E-state index contributed by atoms with van der Waals surface area (Å²) in [7, 11) is 3.34. The van der Waals surface area contributed by atoms with E-state index in [0.29, 0.717) is 6.04 Å². The maximum atomic E-state index is 5.33. The molecule has 0 aliphatic heterocycles. The summed E-state index contributed by atoms with van der Waals surface area (Å²) in [5.74, 6) is 2.51. The average molecular weight is 263 g/mol. The largest absolute Gasteiger partial charge is 0.493 e. The molecule has 2 rings (SSSR count). The zero-order valence-electron chi connectivity index (χ0n) is 12.2. The SMILES string of the molecule is CCC1CCC(NCc2ccc(OC)c(OC)c2)C1. The van der Waals surface area contributed by atoms with Crippen molar-refractivity contribution in [1.29, 1.82) is 0 Å². The molecule has 0 aromatic heterocycles. The van der Waals surface area contributed by atoms with Crippen LogP contribution in [0.5, 0.6) is 11.5 Å². The molecule has 1 saturated carbocycles. The van der Waals surface area contributed by atoms with Crippen LogP contribution in [-0.2, 0) is 6.54 Å². The van der Waals surface area contributed by atoms with Crippen LogP contribution in [-0.4, -0.2) is 20.3 Å². The number of hydrogen-bond acceptors (Lipinski definition) is 3. The van der Waals surface area contributed by atoms with Crippen molar-refractivity contribution in [1.82, 2.24) is 5.32 Å². The summed E-state index contributed by atoms with van der Waals surface area (Å²) in [6, 6.07) is 6.80. The Bertz CT molecular complexity index is 406. The van der Waals surface area contributed by atoms with Gasteiger partial charge < -0.3 is 14.8 Å². The van der Waals surface area contributed by atoms with Gasteiger partial charge in [0.1, 0.15) is 0 Å². The molecular weight excluding hydrogens is 238 g/mol. The quantitative estimate of drug-likeness (QED) is 0.853. The Morgan fingerprint density at radius 1 is 1.16 bits per heavy atom. The van der Waals surface area contributed by atoms with Crippen LogP contribution in [0, 0.1) is 5.92 Å². The molecule has 2 atom stereocenters. The van der Waals surface area contributed by atoms with Crippen molar-refractivity contribution in [3.8, 4) is 11.5 Å². The Morgan fingerprint density at radius 3 is 2.58 bits per heavy atom. The van der Waals surface area contributed by atoms with Crippen LogP contribution in [0.4, 0.5) is 0 Å². The van der Waals surface area contributed by atoms with Gasteiger partial charge in [0, 0.05) is 12.6 Å². The average Bonchev–Trinajstić information content (AvgIpc) is 2.92. The van der Waals surface area contributed by atoms with Crippen LogP contribution in [0.3, 0.4) is 0 Å². The van der Waals surface area contributed by atoms with E-state index in [9.17, 15) is 0 Å². The van der Waals surface area contributed by atoms with Crippen LogP contribution in [0.25, 0.3) is 0 Å². The molecule has 3 heteroatoms. The van der Waals surface area contributed by atoms with E-state index < -0.39 is 0 Å². The number of hydrogen-bond donors (Lipinski definition) is 1. The maximum absolute atomic E-state index is 5.33. The van der Waals surface area contributed by atoms with Gasteiger partial charge in [-0.3, -0.25) is 0 Å². The summed E-state index contributed by atoms with van der Waals surface area (Å²) in [6.45, 7) is 3.20. The van der Waals surface area contributed by atoms with Crippen molar-refractivity contribution in [2.24, 2.45) is 5.92 Å². The summed E-state index contributed by atoms with van der Waals surface area (Å²) >= 11 is 0. The first-order valence-corrected chi connectivity index (χ1v) is 7.21. The molecule has 0 spiro atoms. The molecule has 1 aromatic carbocycles. The topological polar surface area (TPSA) is 30.5 Å². The van der Waals surface area contributed by atoms with Crippen molar-refractivity contribution in [3.05, 3.63) is 23.8 Å². The van der Waals surface area contributed by atoms with Crippen molar-refractivity contribution < 1.29 is 9.47 Å². The smallest absolute Gasteiger partial charge is 0.161 e. The van der Waals surface area contributed by atoms with E-state index in [2.05, 4.69) is 24.4 Å². The number of ether oxygens (including phenoxy) is 2. The minimum Gasteiger partial charge on any atom is -0.493 e. The fourth-order valence-electron chi connectivity index (χ4n) is 2.88. The van der Waals surface area contributed by atoms with Crippen molar-refractivity contribution in [2.75, 3.05) is 14.2 Å². The van der Waals surface area contributed by atoms with Crippen LogP contribution in [0.1, 0.15) is 38.2 Å². The Balaban J connectivity index is 1.89. The number of nitrogens with one attached hydrogen (secondary N) is 1. The minimum absolute atomic E-state index is 0.679. The van der Waals surface area contributed by atoms with Crippen molar-refractivity contribution in [2.45, 2.75) is 45.2 Å². The predicted octanol–water partition coefficient (Wildman–Crippen LogP) is 3.37. The molecule has 106 valence electrons. The summed E-state index contributed by atoms with van der Waals surface area (Å²) in [4.78, 5) is 0. The molecular formula is C16H25NO2. The molecule has 3 nitrogen and oxygen atoms in total. The third kappa shape index (κ3) is 3.63. The van der Waals surface area contributed by atoms with Gasteiger partial charge in [-0.05, 0) is 42.9 Å². The summed E-state index contributed by atoms with van der Waals surface area (Å²) in [6.07, 6.45) is 5.32. The highest BCUT2D eigenvalue weighted by Gasteiger charge is 2.22. The van der Waals surface area contributed by atoms with Gasteiger partial charge in [-0.1, -0.05) is 19.4 Å². The Morgan fingerprint density at radius 2 is 1.95 bits per heavy atom. The first-order valence-electron chi connectivity index (χ1n) is 7.21. The highest BCUT2D eigenvalue weighted by Crippen LogP contribution is 2.29. The van der Waals surface area contributed by atoms with Gasteiger partial charge in [-0.25, -0.2) is 0 Å². The monoisotopic (exact) mass is 263 g/mol. The fraction of sp³-hybridized carbons (Fsp3) is 0.625. The minimum atomic E-state index is 0.679. The third-order valence-corrected chi connectivity index (χ3v) is 4.16. The molecule has 1 aromatic rings. The van der Waals surface area contributed by atoms with Crippen LogP contribution < -0.4 is 14.8 Å². The Labute approximate surface area is 116 Å². The molecule has 1 aliphatic carbocycles. The first-order chi connectivity index (χ1) is 9.26. The third-order valence-electron chi connectivity index (χ3n) is 4.16. The van der Waals surface area contributed by atoms with Crippen LogP contribution >= 0.6 is 0 Å². The molecule has 19 heavy (non-hydrogen) atoms. The van der Waals surface area contributed by atoms with Crippen LogP contribution in [0.15, 0.2) is 18.2 Å². The van der Waals surface area contributed by atoms with Gasteiger partial charge in [0.05, 0.1) is 14.2 Å². The fourth-order valence-corrected chi connectivity index (χ4v) is 2.88. The molecule has 2 unspecified atom stereocenters. The van der Waals surface area contributed by atoms with E-state index in [1.165, 1.54) is 31.2 Å². The second-order valence-corrected chi connectivity index (χ2v) is 5.35. The van der Waals surface area contributed by atoms with E-state index in [-0.39, 0.29) is 0 Å². The molecule has 1 aliphatic rings. The molecule has 0 amide bonds. The Kier molecular flexibility index (Phi) is 5.08. The van der Waals surface area contributed by atoms with Crippen LogP contribution in [0.2, 0.25) is 0 Å². The lowest BCUT2D eigenvalue weighted by Crippen LogP contribution is -2.25.